The second kappa shape index (κ2) is 8.02. The quantitative estimate of drug-likeness (QED) is 0.429. The maximum absolute atomic E-state index is 2.40. The molecule has 0 heteroatoms. The first-order valence-electron chi connectivity index (χ1n) is 10.3. The minimum absolute atomic E-state index is 0.227. The lowest BCUT2D eigenvalue weighted by molar-refractivity contribution is 0.368. The highest BCUT2D eigenvalue weighted by Crippen LogP contribution is 2.49. The number of hydrogen-bond donors (Lipinski definition) is 0. The van der Waals surface area contributed by atoms with Crippen LogP contribution in [0.1, 0.15) is 36.1 Å². The maximum Gasteiger partial charge on any atom is 0.0519 e. The third kappa shape index (κ3) is 3.14. The summed E-state index contributed by atoms with van der Waals surface area (Å²) in [5, 5.41) is 0. The summed E-state index contributed by atoms with van der Waals surface area (Å²) in [7, 11) is 0. The highest BCUT2D eigenvalue weighted by molar-refractivity contribution is 5.53. The van der Waals surface area contributed by atoms with Gasteiger partial charge in [-0.05, 0) is 34.6 Å². The predicted octanol–water partition coefficient (Wildman–Crippen LogP) is 6.96. The molecule has 0 heterocycles. The van der Waals surface area contributed by atoms with E-state index in [9.17, 15) is 0 Å². The number of allylic oxidation sites excluding steroid dienone is 4. The Bertz CT molecular complexity index is 906. The van der Waals surface area contributed by atoms with E-state index in [0.717, 1.165) is 6.42 Å². The van der Waals surface area contributed by atoms with Gasteiger partial charge in [-0.2, -0.15) is 0 Å². The standard InChI is InChI=1S/C28H28/c1-3-23-18-20-26(21-19-23)28(24-13-6-4-7-14-24,25-15-8-5-9-16-25)27-17-11-10-12-22(27)2/h4-22,27H,3H2,1-2H3. The maximum atomic E-state index is 2.40. The Morgan fingerprint density at radius 3 is 1.64 bits per heavy atom. The topological polar surface area (TPSA) is 0 Å². The molecule has 0 amide bonds. The summed E-state index contributed by atoms with van der Waals surface area (Å²) in [5.41, 5.74) is 5.21. The first kappa shape index (κ1) is 18.5. The molecule has 28 heavy (non-hydrogen) atoms. The smallest absolute Gasteiger partial charge is 0.0519 e. The van der Waals surface area contributed by atoms with E-state index in [2.05, 4.69) is 123 Å². The van der Waals surface area contributed by atoms with Gasteiger partial charge in [-0.15, -0.1) is 0 Å². The fourth-order valence-electron chi connectivity index (χ4n) is 4.74. The number of hydrogen-bond acceptors (Lipinski definition) is 0. The van der Waals surface area contributed by atoms with E-state index in [1.54, 1.807) is 0 Å². The molecule has 0 N–H and O–H groups in total. The zero-order valence-corrected chi connectivity index (χ0v) is 16.8. The normalized spacial score (nSPS) is 18.9. The summed E-state index contributed by atoms with van der Waals surface area (Å²) in [4.78, 5) is 0. The lowest BCUT2D eigenvalue weighted by Crippen LogP contribution is -2.40. The van der Waals surface area contributed by atoms with E-state index in [4.69, 9.17) is 0 Å². The van der Waals surface area contributed by atoms with Crippen molar-refractivity contribution in [1.82, 2.24) is 0 Å². The molecule has 2 atom stereocenters. The number of aryl methyl sites for hydroxylation is 1. The molecule has 0 fully saturated rings. The minimum atomic E-state index is -0.227. The Labute approximate surface area is 169 Å². The van der Waals surface area contributed by atoms with Crippen molar-refractivity contribution >= 4 is 0 Å². The van der Waals surface area contributed by atoms with Crippen molar-refractivity contribution in [2.75, 3.05) is 0 Å². The van der Waals surface area contributed by atoms with Crippen molar-refractivity contribution in [3.8, 4) is 0 Å². The molecule has 0 nitrogen and oxygen atoms in total. The van der Waals surface area contributed by atoms with E-state index in [0.29, 0.717) is 11.8 Å². The van der Waals surface area contributed by atoms with Crippen molar-refractivity contribution in [2.45, 2.75) is 25.7 Å². The first-order chi connectivity index (χ1) is 13.8. The fourth-order valence-corrected chi connectivity index (χ4v) is 4.74. The van der Waals surface area contributed by atoms with Crippen molar-refractivity contribution < 1.29 is 0 Å². The van der Waals surface area contributed by atoms with Gasteiger partial charge in [-0.3, -0.25) is 0 Å². The fraction of sp³-hybridized carbons (Fsp3) is 0.214. The highest BCUT2D eigenvalue weighted by Gasteiger charge is 2.44. The third-order valence-corrected chi connectivity index (χ3v) is 6.19. The van der Waals surface area contributed by atoms with Crippen LogP contribution in [0.3, 0.4) is 0 Å². The SMILES string of the molecule is CCc1ccc(C(c2ccccc2)(c2ccccc2)C2C=CC=CC2C)cc1. The molecule has 0 radical (unpaired) electrons. The molecule has 0 aromatic heterocycles. The molecule has 0 bridgehead atoms. The summed E-state index contributed by atoms with van der Waals surface area (Å²) >= 11 is 0. The molecular weight excluding hydrogens is 336 g/mol. The summed E-state index contributed by atoms with van der Waals surface area (Å²) in [6.45, 7) is 4.55. The average Bonchev–Trinajstić information content (AvgIpc) is 2.77. The number of benzene rings is 3. The van der Waals surface area contributed by atoms with Crippen LogP contribution in [0.5, 0.6) is 0 Å². The zero-order chi connectivity index (χ0) is 19.4. The highest BCUT2D eigenvalue weighted by atomic mass is 14.5. The largest absolute Gasteiger partial charge is 0.0811 e. The molecule has 0 saturated carbocycles. The Morgan fingerprint density at radius 1 is 0.643 bits per heavy atom. The van der Waals surface area contributed by atoms with Crippen LogP contribution in [0, 0.1) is 11.8 Å². The monoisotopic (exact) mass is 364 g/mol. The Morgan fingerprint density at radius 2 is 1.14 bits per heavy atom. The summed E-state index contributed by atoms with van der Waals surface area (Å²) < 4.78 is 0. The van der Waals surface area contributed by atoms with Gasteiger partial charge in [0.25, 0.3) is 0 Å². The van der Waals surface area contributed by atoms with Gasteiger partial charge >= 0.3 is 0 Å². The van der Waals surface area contributed by atoms with Crippen LogP contribution in [0.25, 0.3) is 0 Å². The molecule has 0 aliphatic heterocycles. The van der Waals surface area contributed by atoms with Crippen molar-refractivity contribution in [2.24, 2.45) is 11.8 Å². The molecule has 1 aliphatic rings. The van der Waals surface area contributed by atoms with Gasteiger partial charge < -0.3 is 0 Å². The van der Waals surface area contributed by atoms with E-state index in [1.165, 1.54) is 22.3 Å². The van der Waals surface area contributed by atoms with Gasteiger partial charge in [0.2, 0.25) is 0 Å². The van der Waals surface area contributed by atoms with Crippen LogP contribution >= 0.6 is 0 Å². The minimum Gasteiger partial charge on any atom is -0.0811 e. The van der Waals surface area contributed by atoms with E-state index >= 15 is 0 Å². The Balaban J connectivity index is 2.05. The van der Waals surface area contributed by atoms with Gasteiger partial charge in [0.1, 0.15) is 0 Å². The van der Waals surface area contributed by atoms with Crippen molar-refractivity contribution in [3.05, 3.63) is 131 Å². The summed E-state index contributed by atoms with van der Waals surface area (Å²) in [6, 6.07) is 31.3. The molecule has 3 aromatic rings. The lowest BCUT2D eigenvalue weighted by atomic mass is 9.58. The molecule has 1 aliphatic carbocycles. The van der Waals surface area contributed by atoms with Gasteiger partial charge in [0, 0.05) is 5.92 Å². The summed E-state index contributed by atoms with van der Waals surface area (Å²) in [6.07, 6.45) is 10.2. The summed E-state index contributed by atoms with van der Waals surface area (Å²) in [5.74, 6) is 0.783. The zero-order valence-electron chi connectivity index (χ0n) is 16.8. The van der Waals surface area contributed by atoms with E-state index < -0.39 is 0 Å². The predicted molar refractivity (Wildman–Crippen MR) is 120 cm³/mol. The molecule has 0 spiro atoms. The van der Waals surface area contributed by atoms with Crippen LogP contribution in [0.15, 0.2) is 109 Å². The van der Waals surface area contributed by atoms with E-state index in [-0.39, 0.29) is 5.41 Å². The molecule has 0 saturated heterocycles. The molecular formula is C28H28. The van der Waals surface area contributed by atoms with Crippen LogP contribution in [0.4, 0.5) is 0 Å². The van der Waals surface area contributed by atoms with Gasteiger partial charge in [-0.25, -0.2) is 0 Å². The first-order valence-corrected chi connectivity index (χ1v) is 10.3. The molecule has 3 aromatic carbocycles. The molecule has 4 rings (SSSR count). The second-order valence-corrected chi connectivity index (χ2v) is 7.75. The van der Waals surface area contributed by atoms with Crippen molar-refractivity contribution in [1.29, 1.82) is 0 Å². The third-order valence-electron chi connectivity index (χ3n) is 6.19. The van der Waals surface area contributed by atoms with Crippen molar-refractivity contribution in [3.63, 3.8) is 0 Å². The van der Waals surface area contributed by atoms with Crippen LogP contribution in [-0.4, -0.2) is 0 Å². The van der Waals surface area contributed by atoms with Gasteiger partial charge in [0.05, 0.1) is 5.41 Å². The Hall–Kier alpha value is -2.86. The second-order valence-electron chi connectivity index (χ2n) is 7.75. The van der Waals surface area contributed by atoms with E-state index in [1.807, 2.05) is 0 Å². The van der Waals surface area contributed by atoms with Crippen LogP contribution in [-0.2, 0) is 11.8 Å². The molecule has 140 valence electrons. The Kier molecular flexibility index (Phi) is 5.30. The van der Waals surface area contributed by atoms with Crippen LogP contribution < -0.4 is 0 Å². The average molecular weight is 365 g/mol. The van der Waals surface area contributed by atoms with Gasteiger partial charge in [-0.1, -0.05) is 123 Å². The lowest BCUT2D eigenvalue weighted by Gasteiger charge is -2.44. The number of rotatable bonds is 5. The van der Waals surface area contributed by atoms with Crippen LogP contribution in [0.2, 0.25) is 0 Å². The van der Waals surface area contributed by atoms with Gasteiger partial charge in [0.15, 0.2) is 0 Å². The molecule has 2 unspecified atom stereocenters.